The van der Waals surface area contributed by atoms with E-state index in [4.69, 9.17) is 18.0 Å². The van der Waals surface area contributed by atoms with Crippen LogP contribution in [-0.2, 0) is 6.54 Å². The topological polar surface area (TPSA) is 45.4 Å². The molecule has 0 saturated carbocycles. The average molecular weight is 280 g/mol. The molecule has 0 bridgehead atoms. The molecule has 0 unspecified atom stereocenters. The molecule has 0 amide bonds. The van der Waals surface area contributed by atoms with Crippen molar-refractivity contribution in [3.05, 3.63) is 29.6 Å². The van der Waals surface area contributed by atoms with Gasteiger partial charge in [0.2, 0.25) is 0 Å². The van der Waals surface area contributed by atoms with Crippen molar-refractivity contribution in [3.63, 3.8) is 0 Å². The molecule has 0 aliphatic carbocycles. The van der Waals surface area contributed by atoms with Gasteiger partial charge in [-0.15, -0.1) is 0 Å². The zero-order chi connectivity index (χ0) is 14.3. The number of pyridine rings is 1. The van der Waals surface area contributed by atoms with Gasteiger partial charge in [-0.1, -0.05) is 25.2 Å². The van der Waals surface area contributed by atoms with Crippen LogP contribution in [0, 0.1) is 0 Å². The SMILES string of the molecule is CCCN(CCN(C)C)Cc1cccnc1C(N)=S. The van der Waals surface area contributed by atoms with Gasteiger partial charge in [0.05, 0.1) is 0 Å². The van der Waals surface area contributed by atoms with Crippen LogP contribution < -0.4 is 5.73 Å². The summed E-state index contributed by atoms with van der Waals surface area (Å²) < 4.78 is 0. The van der Waals surface area contributed by atoms with E-state index in [1.807, 2.05) is 6.07 Å². The second kappa shape index (κ2) is 8.19. The Morgan fingerprint density at radius 2 is 2.05 bits per heavy atom. The fourth-order valence-corrected chi connectivity index (χ4v) is 2.14. The molecular weight excluding hydrogens is 256 g/mol. The van der Waals surface area contributed by atoms with Crippen molar-refractivity contribution >= 4 is 17.2 Å². The Kier molecular flexibility index (Phi) is 6.91. The summed E-state index contributed by atoms with van der Waals surface area (Å²) in [4.78, 5) is 9.27. The van der Waals surface area contributed by atoms with Gasteiger partial charge in [0, 0.05) is 25.8 Å². The minimum atomic E-state index is 0.375. The number of likely N-dealkylation sites (N-methyl/N-ethyl adjacent to an activating group) is 1. The summed E-state index contributed by atoms with van der Waals surface area (Å²) in [7, 11) is 4.18. The van der Waals surface area contributed by atoms with Crippen LogP contribution in [0.5, 0.6) is 0 Å². The molecule has 1 heterocycles. The first kappa shape index (κ1) is 16.0. The first-order valence-corrected chi connectivity index (χ1v) is 7.06. The van der Waals surface area contributed by atoms with Gasteiger partial charge < -0.3 is 10.6 Å². The van der Waals surface area contributed by atoms with Gasteiger partial charge in [0.25, 0.3) is 0 Å². The Bertz CT molecular complexity index is 406. The van der Waals surface area contributed by atoms with Crippen LogP contribution in [0.3, 0.4) is 0 Å². The van der Waals surface area contributed by atoms with E-state index in [-0.39, 0.29) is 0 Å². The van der Waals surface area contributed by atoms with Gasteiger partial charge in [-0.3, -0.25) is 9.88 Å². The molecular formula is C14H24N4S. The van der Waals surface area contributed by atoms with E-state index in [2.05, 4.69) is 41.9 Å². The number of thiocarbonyl (C=S) groups is 1. The lowest BCUT2D eigenvalue weighted by Crippen LogP contribution is -2.32. The summed E-state index contributed by atoms with van der Waals surface area (Å²) in [5.74, 6) is 0. The zero-order valence-electron chi connectivity index (χ0n) is 12.1. The number of nitrogens with two attached hydrogens (primary N) is 1. The van der Waals surface area contributed by atoms with Crippen LogP contribution in [0.2, 0.25) is 0 Å². The first-order valence-electron chi connectivity index (χ1n) is 6.65. The highest BCUT2D eigenvalue weighted by atomic mass is 32.1. The van der Waals surface area contributed by atoms with Crippen LogP contribution in [0.15, 0.2) is 18.3 Å². The van der Waals surface area contributed by atoms with E-state index < -0.39 is 0 Å². The van der Waals surface area contributed by atoms with E-state index in [0.29, 0.717) is 4.99 Å². The summed E-state index contributed by atoms with van der Waals surface area (Å²) in [6.45, 7) is 6.19. The molecule has 0 saturated heterocycles. The monoisotopic (exact) mass is 280 g/mol. The number of hydrogen-bond donors (Lipinski definition) is 1. The van der Waals surface area contributed by atoms with Crippen molar-refractivity contribution < 1.29 is 0 Å². The minimum Gasteiger partial charge on any atom is -0.388 e. The number of aromatic nitrogens is 1. The summed E-state index contributed by atoms with van der Waals surface area (Å²) in [5.41, 5.74) is 7.59. The second-order valence-electron chi connectivity index (χ2n) is 4.95. The van der Waals surface area contributed by atoms with Crippen LogP contribution in [-0.4, -0.2) is 53.5 Å². The van der Waals surface area contributed by atoms with Gasteiger partial charge in [0.15, 0.2) is 0 Å². The lowest BCUT2D eigenvalue weighted by atomic mass is 10.1. The minimum absolute atomic E-state index is 0.375. The molecule has 0 spiro atoms. The molecule has 0 fully saturated rings. The summed E-state index contributed by atoms with van der Waals surface area (Å²) in [6, 6.07) is 3.99. The molecule has 4 nitrogen and oxygen atoms in total. The van der Waals surface area contributed by atoms with E-state index in [1.54, 1.807) is 6.20 Å². The Morgan fingerprint density at radius 3 is 2.63 bits per heavy atom. The third-order valence-corrected chi connectivity index (χ3v) is 3.12. The van der Waals surface area contributed by atoms with Gasteiger partial charge in [-0.25, -0.2) is 0 Å². The summed E-state index contributed by atoms with van der Waals surface area (Å²) in [5, 5.41) is 0. The normalized spacial score (nSPS) is 11.2. The zero-order valence-corrected chi connectivity index (χ0v) is 12.9. The van der Waals surface area contributed by atoms with Crippen LogP contribution in [0.4, 0.5) is 0 Å². The van der Waals surface area contributed by atoms with E-state index >= 15 is 0 Å². The Labute approximate surface area is 121 Å². The predicted octanol–water partition coefficient (Wildman–Crippen LogP) is 1.49. The molecule has 2 N–H and O–H groups in total. The summed E-state index contributed by atoms with van der Waals surface area (Å²) >= 11 is 5.06. The molecule has 0 atom stereocenters. The largest absolute Gasteiger partial charge is 0.388 e. The van der Waals surface area contributed by atoms with Crippen LogP contribution in [0.25, 0.3) is 0 Å². The Hall–Kier alpha value is -1.04. The van der Waals surface area contributed by atoms with Crippen molar-refractivity contribution in [3.8, 4) is 0 Å². The smallest absolute Gasteiger partial charge is 0.123 e. The molecule has 106 valence electrons. The Balaban J connectivity index is 2.75. The van der Waals surface area contributed by atoms with E-state index in [1.165, 1.54) is 0 Å². The fraction of sp³-hybridized carbons (Fsp3) is 0.571. The van der Waals surface area contributed by atoms with Gasteiger partial charge in [-0.05, 0) is 38.7 Å². The molecule has 5 heteroatoms. The lowest BCUT2D eigenvalue weighted by Gasteiger charge is -2.24. The maximum absolute atomic E-state index is 5.73. The third kappa shape index (κ3) is 5.63. The maximum atomic E-state index is 5.73. The lowest BCUT2D eigenvalue weighted by molar-refractivity contribution is 0.234. The first-order chi connectivity index (χ1) is 9.04. The molecule has 0 aromatic carbocycles. The Morgan fingerprint density at radius 1 is 1.32 bits per heavy atom. The molecule has 0 radical (unpaired) electrons. The highest BCUT2D eigenvalue weighted by Crippen LogP contribution is 2.09. The standard InChI is InChI=1S/C14H24N4S/c1-4-8-18(10-9-17(2)3)11-12-6-5-7-16-13(12)14(15)19/h5-7H,4,8-11H2,1-3H3,(H2,15,19). The van der Waals surface area contributed by atoms with Crippen molar-refractivity contribution in [2.24, 2.45) is 5.73 Å². The van der Waals surface area contributed by atoms with Crippen LogP contribution in [0.1, 0.15) is 24.6 Å². The van der Waals surface area contributed by atoms with E-state index in [9.17, 15) is 0 Å². The predicted molar refractivity (Wildman–Crippen MR) is 84.2 cm³/mol. The van der Waals surface area contributed by atoms with Gasteiger partial charge >= 0.3 is 0 Å². The molecule has 0 aliphatic rings. The second-order valence-corrected chi connectivity index (χ2v) is 5.39. The maximum Gasteiger partial charge on any atom is 0.123 e. The van der Waals surface area contributed by atoms with Crippen molar-refractivity contribution in [2.45, 2.75) is 19.9 Å². The molecule has 1 aromatic rings. The summed E-state index contributed by atoms with van der Waals surface area (Å²) in [6.07, 6.45) is 2.87. The quantitative estimate of drug-likeness (QED) is 0.731. The van der Waals surface area contributed by atoms with Gasteiger partial charge in [-0.2, -0.15) is 0 Å². The molecule has 19 heavy (non-hydrogen) atoms. The molecule has 1 rings (SSSR count). The van der Waals surface area contributed by atoms with Crippen molar-refractivity contribution in [1.82, 2.24) is 14.8 Å². The fourth-order valence-electron chi connectivity index (χ4n) is 1.96. The number of rotatable bonds is 8. The highest BCUT2D eigenvalue weighted by molar-refractivity contribution is 7.80. The number of hydrogen-bond acceptors (Lipinski definition) is 4. The van der Waals surface area contributed by atoms with Crippen molar-refractivity contribution in [1.29, 1.82) is 0 Å². The molecule has 1 aromatic heterocycles. The van der Waals surface area contributed by atoms with Crippen molar-refractivity contribution in [2.75, 3.05) is 33.7 Å². The number of nitrogens with zero attached hydrogens (tertiary/aromatic N) is 3. The third-order valence-electron chi connectivity index (χ3n) is 2.92. The average Bonchev–Trinajstić information content (AvgIpc) is 2.36. The van der Waals surface area contributed by atoms with E-state index in [0.717, 1.165) is 43.9 Å². The molecule has 0 aliphatic heterocycles. The highest BCUT2D eigenvalue weighted by Gasteiger charge is 2.11. The van der Waals surface area contributed by atoms with Crippen LogP contribution >= 0.6 is 12.2 Å². The van der Waals surface area contributed by atoms with Gasteiger partial charge in [0.1, 0.15) is 10.7 Å².